The van der Waals surface area contributed by atoms with Crippen LogP contribution in [0.2, 0.25) is 0 Å². The van der Waals surface area contributed by atoms with E-state index >= 15 is 0 Å². The van der Waals surface area contributed by atoms with Crippen molar-refractivity contribution in [3.63, 3.8) is 0 Å². The third-order valence-corrected chi connectivity index (χ3v) is 7.95. The number of rotatable bonds is 11. The summed E-state index contributed by atoms with van der Waals surface area (Å²) < 4.78 is 48.3. The van der Waals surface area contributed by atoms with E-state index < -0.39 is 20.9 Å². The smallest absolute Gasteiger partial charge is 0.306 e. The molecule has 0 aliphatic heterocycles. The summed E-state index contributed by atoms with van der Waals surface area (Å²) in [7, 11) is -6.84. The van der Waals surface area contributed by atoms with Crippen LogP contribution < -0.4 is 0 Å². The molecule has 0 heterocycles. The Morgan fingerprint density at radius 2 is 0.913 bits per heavy atom. The Labute approximate surface area is 141 Å². The molecule has 0 bridgehead atoms. The first-order valence-corrected chi connectivity index (χ1v) is 11.6. The second-order valence-corrected chi connectivity index (χ2v) is 11.2. The number of hydrogen-bond donors (Lipinski definition) is 0. The van der Waals surface area contributed by atoms with Gasteiger partial charge in [0.2, 0.25) is 0 Å². The van der Waals surface area contributed by atoms with Crippen LogP contribution >= 0.6 is 15.2 Å². The maximum Gasteiger partial charge on any atom is 0.334 e. The van der Waals surface area contributed by atoms with Crippen molar-refractivity contribution in [2.45, 2.75) is 92.4 Å². The molecule has 1 atom stereocenters. The van der Waals surface area contributed by atoms with Gasteiger partial charge in [0.1, 0.15) is 0 Å². The van der Waals surface area contributed by atoms with E-state index in [9.17, 15) is 9.13 Å². The molecule has 0 spiro atoms. The molecule has 0 amide bonds. The molecule has 0 radical (unpaired) electrons. The van der Waals surface area contributed by atoms with Crippen LogP contribution in [0.3, 0.4) is 0 Å². The molecular formula is C15H34O6P2. The second-order valence-electron chi connectivity index (χ2n) is 6.80. The highest BCUT2D eigenvalue weighted by Gasteiger charge is 2.41. The minimum Gasteiger partial charge on any atom is -0.306 e. The minimum atomic E-state index is -3.44. The van der Waals surface area contributed by atoms with Crippen LogP contribution in [-0.4, -0.2) is 36.2 Å². The Balaban J connectivity index is 5.34. The van der Waals surface area contributed by atoms with Crippen LogP contribution in [0.15, 0.2) is 0 Å². The fourth-order valence-corrected chi connectivity index (χ4v) is 7.19. The normalized spacial score (nSPS) is 15.2. The zero-order chi connectivity index (χ0) is 18.4. The third kappa shape index (κ3) is 9.38. The number of hydrogen-bond acceptors (Lipinski definition) is 6. The van der Waals surface area contributed by atoms with Gasteiger partial charge >= 0.3 is 15.2 Å². The van der Waals surface area contributed by atoms with Crippen LogP contribution in [0, 0.1) is 0 Å². The molecule has 1 unspecified atom stereocenters. The molecule has 0 rings (SSSR count). The summed E-state index contributed by atoms with van der Waals surface area (Å²) in [6.07, 6.45) is -1.07. The van der Waals surface area contributed by atoms with Gasteiger partial charge in [-0.2, -0.15) is 0 Å². The van der Waals surface area contributed by atoms with Crippen molar-refractivity contribution in [1.82, 2.24) is 0 Å². The summed E-state index contributed by atoms with van der Waals surface area (Å²) in [5.74, 6) is 0. The Bertz CT molecular complexity index is 406. The zero-order valence-corrected chi connectivity index (χ0v) is 17.7. The van der Waals surface area contributed by atoms with Gasteiger partial charge in [-0.1, -0.05) is 6.92 Å². The van der Waals surface area contributed by atoms with Crippen molar-refractivity contribution < 1.29 is 27.2 Å². The van der Waals surface area contributed by atoms with E-state index in [0.717, 1.165) is 0 Å². The Morgan fingerprint density at radius 3 is 1.17 bits per heavy atom. The van der Waals surface area contributed by atoms with Crippen LogP contribution in [-0.2, 0) is 27.2 Å². The van der Waals surface area contributed by atoms with E-state index in [1.807, 2.05) is 0 Å². The lowest BCUT2D eigenvalue weighted by Gasteiger charge is -2.30. The molecule has 0 fully saturated rings. The fraction of sp³-hybridized carbons (Fsp3) is 1.00. The summed E-state index contributed by atoms with van der Waals surface area (Å²) in [4.78, 5) is 0. The molecule has 8 heteroatoms. The average molecular weight is 372 g/mol. The molecule has 0 saturated heterocycles. The summed E-state index contributed by atoms with van der Waals surface area (Å²) in [5.41, 5.74) is -0.601. The first kappa shape index (κ1) is 23.3. The van der Waals surface area contributed by atoms with Crippen molar-refractivity contribution in [3.05, 3.63) is 0 Å². The third-order valence-electron chi connectivity index (χ3n) is 2.49. The van der Waals surface area contributed by atoms with E-state index in [0.29, 0.717) is 0 Å². The topological polar surface area (TPSA) is 71.1 Å². The molecule has 0 aromatic rings. The van der Waals surface area contributed by atoms with Gasteiger partial charge in [0.15, 0.2) is 0 Å². The van der Waals surface area contributed by atoms with Gasteiger partial charge in [-0.25, -0.2) is 0 Å². The van der Waals surface area contributed by atoms with Gasteiger partial charge in [-0.05, 0) is 55.4 Å². The van der Waals surface area contributed by atoms with Gasteiger partial charge in [0.25, 0.3) is 0 Å². The minimum absolute atomic E-state index is 0.0138. The van der Waals surface area contributed by atoms with E-state index in [2.05, 4.69) is 0 Å². The highest BCUT2D eigenvalue weighted by molar-refractivity contribution is 7.58. The van der Waals surface area contributed by atoms with Crippen LogP contribution in [0.5, 0.6) is 0 Å². The molecule has 23 heavy (non-hydrogen) atoms. The van der Waals surface area contributed by atoms with Gasteiger partial charge in [-0.3, -0.25) is 9.13 Å². The van der Waals surface area contributed by atoms with Crippen LogP contribution in [0.25, 0.3) is 0 Å². The average Bonchev–Trinajstić information content (AvgIpc) is 2.22. The molecule has 140 valence electrons. The summed E-state index contributed by atoms with van der Waals surface area (Å²) in [6, 6.07) is 0. The second kappa shape index (κ2) is 9.70. The summed E-state index contributed by atoms with van der Waals surface area (Å²) >= 11 is 0. The maximum absolute atomic E-state index is 13.1. The van der Waals surface area contributed by atoms with Crippen LogP contribution in [0.1, 0.15) is 62.3 Å². The van der Waals surface area contributed by atoms with Crippen molar-refractivity contribution in [2.75, 3.05) is 6.16 Å². The van der Waals surface area contributed by atoms with E-state index in [1.165, 1.54) is 0 Å². The van der Waals surface area contributed by atoms with Crippen molar-refractivity contribution >= 4 is 15.2 Å². The maximum atomic E-state index is 13.1. The first-order chi connectivity index (χ1) is 10.3. The zero-order valence-electron chi connectivity index (χ0n) is 15.9. The standard InChI is InChI=1S/C15H34O6P2/c1-11(2)18-22(16,19-12(3)4)10-15(9)23(17,20-13(5)6)21-14(7)8/h11-15H,10H2,1-9H3. The molecule has 6 nitrogen and oxygen atoms in total. The first-order valence-electron chi connectivity index (χ1n) is 8.22. The summed E-state index contributed by atoms with van der Waals surface area (Å²) in [6.45, 7) is 16.0. The Morgan fingerprint density at radius 1 is 0.609 bits per heavy atom. The van der Waals surface area contributed by atoms with Gasteiger partial charge in [0.05, 0.1) is 36.2 Å². The lowest BCUT2D eigenvalue weighted by molar-refractivity contribution is 0.130. The lowest BCUT2D eigenvalue weighted by atomic mass is 10.5. The molecule has 0 aromatic carbocycles. The van der Waals surface area contributed by atoms with Crippen molar-refractivity contribution in [2.24, 2.45) is 0 Å². The van der Waals surface area contributed by atoms with Crippen LogP contribution in [0.4, 0.5) is 0 Å². The largest absolute Gasteiger partial charge is 0.334 e. The summed E-state index contributed by atoms with van der Waals surface area (Å²) in [5, 5.41) is 0. The molecular weight excluding hydrogens is 338 g/mol. The molecule has 0 N–H and O–H groups in total. The molecule has 0 aliphatic rings. The Hall–Kier alpha value is 0.300. The van der Waals surface area contributed by atoms with E-state index in [1.54, 1.807) is 62.3 Å². The SMILES string of the molecule is CC(C)OP(=O)(CC(C)P(=O)(OC(C)C)OC(C)C)OC(C)C. The monoisotopic (exact) mass is 372 g/mol. The Kier molecular flexibility index (Phi) is 9.82. The van der Waals surface area contributed by atoms with Crippen molar-refractivity contribution in [1.29, 1.82) is 0 Å². The molecule has 0 aliphatic carbocycles. The van der Waals surface area contributed by atoms with E-state index in [-0.39, 0.29) is 30.6 Å². The van der Waals surface area contributed by atoms with Crippen molar-refractivity contribution in [3.8, 4) is 0 Å². The fourth-order valence-electron chi connectivity index (χ4n) is 2.00. The van der Waals surface area contributed by atoms with Gasteiger partial charge < -0.3 is 18.1 Å². The predicted octanol–water partition coefficient (Wildman–Crippen LogP) is 5.46. The lowest BCUT2D eigenvalue weighted by Crippen LogP contribution is -2.21. The predicted molar refractivity (Wildman–Crippen MR) is 94.4 cm³/mol. The van der Waals surface area contributed by atoms with E-state index in [4.69, 9.17) is 18.1 Å². The highest BCUT2D eigenvalue weighted by Crippen LogP contribution is 2.61. The quantitative estimate of drug-likeness (QED) is 0.448. The molecule has 0 aromatic heterocycles. The highest BCUT2D eigenvalue weighted by atomic mass is 31.2. The molecule has 0 saturated carbocycles. The van der Waals surface area contributed by atoms with Gasteiger partial charge in [0, 0.05) is 0 Å². The van der Waals surface area contributed by atoms with Gasteiger partial charge in [-0.15, -0.1) is 0 Å².